The SMILES string of the molecule is Cc1sc2ncn(CC(=O)N(C)Cc3ccccc3F)c(=O)c2c1C. The van der Waals surface area contributed by atoms with Crippen molar-refractivity contribution in [1.82, 2.24) is 14.5 Å². The van der Waals surface area contributed by atoms with Crippen molar-refractivity contribution in [3.63, 3.8) is 0 Å². The molecule has 0 unspecified atom stereocenters. The summed E-state index contributed by atoms with van der Waals surface area (Å²) in [4.78, 5) is 32.5. The van der Waals surface area contributed by atoms with E-state index in [9.17, 15) is 14.0 Å². The maximum atomic E-state index is 13.7. The van der Waals surface area contributed by atoms with Gasteiger partial charge in [-0.25, -0.2) is 9.37 Å². The first-order valence-corrected chi connectivity index (χ1v) is 8.62. The van der Waals surface area contributed by atoms with Crippen LogP contribution in [0.2, 0.25) is 0 Å². The van der Waals surface area contributed by atoms with Crippen LogP contribution < -0.4 is 5.56 Å². The first-order chi connectivity index (χ1) is 11.9. The van der Waals surface area contributed by atoms with Gasteiger partial charge >= 0.3 is 0 Å². The van der Waals surface area contributed by atoms with Gasteiger partial charge in [0.2, 0.25) is 5.91 Å². The second-order valence-electron chi connectivity index (χ2n) is 5.98. The molecule has 3 rings (SSSR count). The van der Waals surface area contributed by atoms with E-state index in [1.165, 1.54) is 33.2 Å². The van der Waals surface area contributed by atoms with Crippen LogP contribution in [0.5, 0.6) is 0 Å². The van der Waals surface area contributed by atoms with Crippen LogP contribution in [0.3, 0.4) is 0 Å². The lowest BCUT2D eigenvalue weighted by atomic mass is 10.2. The molecule has 0 radical (unpaired) electrons. The number of likely N-dealkylation sites (N-methyl/N-ethyl adjacent to an activating group) is 1. The average Bonchev–Trinajstić information content (AvgIpc) is 2.87. The van der Waals surface area contributed by atoms with Crippen LogP contribution in [0.4, 0.5) is 4.39 Å². The molecule has 0 saturated carbocycles. The largest absolute Gasteiger partial charge is 0.340 e. The number of thiophene rings is 1. The molecule has 0 N–H and O–H groups in total. The number of carbonyl (C=O) groups is 1. The lowest BCUT2D eigenvalue weighted by Gasteiger charge is -2.18. The van der Waals surface area contributed by atoms with E-state index in [1.54, 1.807) is 25.2 Å². The Morgan fingerprint density at radius 1 is 1.32 bits per heavy atom. The fourth-order valence-electron chi connectivity index (χ4n) is 2.62. The van der Waals surface area contributed by atoms with Crippen molar-refractivity contribution >= 4 is 27.5 Å². The second-order valence-corrected chi connectivity index (χ2v) is 7.19. The molecule has 2 aromatic heterocycles. The van der Waals surface area contributed by atoms with Gasteiger partial charge in [-0.2, -0.15) is 0 Å². The van der Waals surface area contributed by atoms with Crippen molar-refractivity contribution in [2.24, 2.45) is 0 Å². The smallest absolute Gasteiger partial charge is 0.262 e. The number of benzene rings is 1. The number of rotatable bonds is 4. The Bertz CT molecular complexity index is 1010. The summed E-state index contributed by atoms with van der Waals surface area (Å²) in [5, 5.41) is 0.564. The molecule has 0 spiro atoms. The Morgan fingerprint density at radius 3 is 2.76 bits per heavy atom. The molecular weight excluding hydrogens is 341 g/mol. The summed E-state index contributed by atoms with van der Waals surface area (Å²) in [6.07, 6.45) is 1.40. The molecule has 3 aromatic rings. The first-order valence-electron chi connectivity index (χ1n) is 7.81. The van der Waals surface area contributed by atoms with Gasteiger partial charge < -0.3 is 4.90 Å². The molecule has 1 aromatic carbocycles. The zero-order valence-corrected chi connectivity index (χ0v) is 15.1. The summed E-state index contributed by atoms with van der Waals surface area (Å²) in [6, 6.07) is 6.32. The predicted octanol–water partition coefficient (Wildman–Crippen LogP) is 2.87. The minimum Gasteiger partial charge on any atom is -0.340 e. The quantitative estimate of drug-likeness (QED) is 0.720. The fourth-order valence-corrected chi connectivity index (χ4v) is 3.61. The number of hydrogen-bond donors (Lipinski definition) is 0. The van der Waals surface area contributed by atoms with Crippen molar-refractivity contribution in [1.29, 1.82) is 0 Å². The van der Waals surface area contributed by atoms with Crippen LogP contribution in [-0.4, -0.2) is 27.4 Å². The minimum atomic E-state index is -0.355. The third kappa shape index (κ3) is 3.32. The molecular formula is C18H18FN3O2S. The molecule has 0 aliphatic carbocycles. The number of hydrogen-bond acceptors (Lipinski definition) is 4. The highest BCUT2D eigenvalue weighted by molar-refractivity contribution is 7.18. The first kappa shape index (κ1) is 17.3. The summed E-state index contributed by atoms with van der Waals surface area (Å²) >= 11 is 1.47. The Labute approximate surface area is 148 Å². The van der Waals surface area contributed by atoms with Gasteiger partial charge in [0.1, 0.15) is 17.2 Å². The molecule has 0 aliphatic heterocycles. The van der Waals surface area contributed by atoms with Crippen LogP contribution in [0.25, 0.3) is 10.2 Å². The van der Waals surface area contributed by atoms with Crippen molar-refractivity contribution < 1.29 is 9.18 Å². The molecule has 130 valence electrons. The van der Waals surface area contributed by atoms with Crippen LogP contribution in [0.1, 0.15) is 16.0 Å². The zero-order chi connectivity index (χ0) is 18.1. The maximum absolute atomic E-state index is 13.7. The molecule has 0 atom stereocenters. The highest BCUT2D eigenvalue weighted by Gasteiger charge is 2.16. The molecule has 25 heavy (non-hydrogen) atoms. The number of fused-ring (bicyclic) bond motifs is 1. The molecule has 0 aliphatic rings. The number of aryl methyl sites for hydroxylation is 2. The number of nitrogens with zero attached hydrogens (tertiary/aromatic N) is 3. The van der Waals surface area contributed by atoms with Gasteiger partial charge in [-0.3, -0.25) is 14.2 Å². The van der Waals surface area contributed by atoms with Crippen LogP contribution in [-0.2, 0) is 17.9 Å². The normalized spacial score (nSPS) is 11.0. The van der Waals surface area contributed by atoms with Crippen molar-refractivity contribution in [2.45, 2.75) is 26.9 Å². The highest BCUT2D eigenvalue weighted by Crippen LogP contribution is 2.25. The monoisotopic (exact) mass is 359 g/mol. The second kappa shape index (κ2) is 6.76. The Hall–Kier alpha value is -2.54. The molecule has 2 heterocycles. The maximum Gasteiger partial charge on any atom is 0.262 e. The number of amides is 1. The van der Waals surface area contributed by atoms with Gasteiger partial charge in [-0.1, -0.05) is 18.2 Å². The van der Waals surface area contributed by atoms with E-state index in [4.69, 9.17) is 0 Å². The van der Waals surface area contributed by atoms with E-state index in [1.807, 2.05) is 13.8 Å². The van der Waals surface area contributed by atoms with E-state index in [0.717, 1.165) is 10.4 Å². The molecule has 0 saturated heterocycles. The van der Waals surface area contributed by atoms with E-state index < -0.39 is 0 Å². The Kier molecular flexibility index (Phi) is 4.67. The molecule has 7 heteroatoms. The van der Waals surface area contributed by atoms with Gasteiger partial charge in [0.25, 0.3) is 5.56 Å². The molecule has 5 nitrogen and oxygen atoms in total. The van der Waals surface area contributed by atoms with Crippen LogP contribution >= 0.6 is 11.3 Å². The topological polar surface area (TPSA) is 55.2 Å². The lowest BCUT2D eigenvalue weighted by Crippen LogP contribution is -2.33. The van der Waals surface area contributed by atoms with E-state index in [2.05, 4.69) is 4.98 Å². The molecule has 0 fully saturated rings. The van der Waals surface area contributed by atoms with Gasteiger partial charge in [-0.15, -0.1) is 11.3 Å². The summed E-state index contributed by atoms with van der Waals surface area (Å²) < 4.78 is 15.0. The Morgan fingerprint density at radius 2 is 2.04 bits per heavy atom. The standard InChI is InChI=1S/C18H18FN3O2S/c1-11-12(2)25-17-16(11)18(24)22(10-20-17)9-15(23)21(3)8-13-6-4-5-7-14(13)19/h4-7,10H,8-9H2,1-3H3. The lowest BCUT2D eigenvalue weighted by molar-refractivity contribution is -0.131. The summed E-state index contributed by atoms with van der Waals surface area (Å²) in [7, 11) is 1.59. The van der Waals surface area contributed by atoms with Crippen molar-refractivity contribution in [2.75, 3.05) is 7.05 Å². The summed E-state index contributed by atoms with van der Waals surface area (Å²) in [6.45, 7) is 3.85. The third-order valence-corrected chi connectivity index (χ3v) is 5.37. The highest BCUT2D eigenvalue weighted by atomic mass is 32.1. The van der Waals surface area contributed by atoms with E-state index >= 15 is 0 Å². The number of aromatic nitrogens is 2. The van der Waals surface area contributed by atoms with Crippen molar-refractivity contribution in [3.05, 3.63) is 62.8 Å². The van der Waals surface area contributed by atoms with Crippen LogP contribution in [0, 0.1) is 19.7 Å². The summed E-state index contributed by atoms with van der Waals surface area (Å²) in [5.41, 5.74) is 1.11. The van der Waals surface area contributed by atoms with Gasteiger partial charge in [-0.05, 0) is 25.5 Å². The fraction of sp³-hybridized carbons (Fsp3) is 0.278. The zero-order valence-electron chi connectivity index (χ0n) is 14.2. The molecule has 0 bridgehead atoms. The van der Waals surface area contributed by atoms with Crippen molar-refractivity contribution in [3.8, 4) is 0 Å². The number of halogens is 1. The molecule has 1 amide bonds. The van der Waals surface area contributed by atoms with Crippen LogP contribution in [0.15, 0.2) is 35.4 Å². The minimum absolute atomic E-state index is 0.124. The summed E-state index contributed by atoms with van der Waals surface area (Å²) in [5.74, 6) is -0.636. The Balaban J connectivity index is 1.82. The van der Waals surface area contributed by atoms with Gasteiger partial charge in [0, 0.05) is 24.0 Å². The number of carbonyl (C=O) groups excluding carboxylic acids is 1. The van der Waals surface area contributed by atoms with E-state index in [0.29, 0.717) is 15.8 Å². The van der Waals surface area contributed by atoms with Gasteiger partial charge in [0.15, 0.2) is 0 Å². The van der Waals surface area contributed by atoms with Gasteiger partial charge in [0.05, 0.1) is 11.7 Å². The average molecular weight is 359 g/mol. The third-order valence-electron chi connectivity index (χ3n) is 4.25. The van der Waals surface area contributed by atoms with E-state index in [-0.39, 0.29) is 30.4 Å². The predicted molar refractivity (Wildman–Crippen MR) is 96.2 cm³/mol.